The van der Waals surface area contributed by atoms with Gasteiger partial charge in [0.05, 0.1) is 13.2 Å². The van der Waals surface area contributed by atoms with Gasteiger partial charge in [-0.15, -0.1) is 0 Å². The lowest BCUT2D eigenvalue weighted by molar-refractivity contribution is -0.146. The van der Waals surface area contributed by atoms with E-state index < -0.39 is 12.0 Å². The van der Waals surface area contributed by atoms with Crippen LogP contribution in [0.3, 0.4) is 0 Å². The van der Waals surface area contributed by atoms with Gasteiger partial charge in [0.25, 0.3) is 0 Å². The Labute approximate surface area is 92.1 Å². The van der Waals surface area contributed by atoms with Crippen molar-refractivity contribution in [2.45, 2.75) is 40.2 Å². The summed E-state index contributed by atoms with van der Waals surface area (Å²) in [5.41, 5.74) is 5.80. The van der Waals surface area contributed by atoms with Gasteiger partial charge in [-0.25, -0.2) is 0 Å². The van der Waals surface area contributed by atoms with Crippen LogP contribution in [0.1, 0.15) is 34.1 Å². The third kappa shape index (κ3) is 8.39. The fourth-order valence-electron chi connectivity index (χ4n) is 0.906. The minimum Gasteiger partial charge on any atom is -0.465 e. The molecule has 0 fully saturated rings. The van der Waals surface area contributed by atoms with Crippen molar-refractivity contribution < 1.29 is 14.3 Å². The second-order valence-corrected chi connectivity index (χ2v) is 4.74. The van der Waals surface area contributed by atoms with E-state index in [0.717, 1.165) is 6.42 Å². The molecular weight excluding hydrogens is 194 g/mol. The highest BCUT2D eigenvalue weighted by Gasteiger charge is 2.15. The Balaban J connectivity index is 3.55. The van der Waals surface area contributed by atoms with Gasteiger partial charge in [0, 0.05) is 6.61 Å². The SMILES string of the molecule is CCOC(=O)C(N)COCCC(C)(C)C. The zero-order valence-electron chi connectivity index (χ0n) is 10.2. The molecule has 4 nitrogen and oxygen atoms in total. The van der Waals surface area contributed by atoms with Crippen LogP contribution < -0.4 is 5.73 Å². The molecule has 1 atom stereocenters. The fraction of sp³-hybridized carbons (Fsp3) is 0.909. The summed E-state index contributed by atoms with van der Waals surface area (Å²) in [6.45, 7) is 9.38. The molecule has 0 aromatic heterocycles. The summed E-state index contributed by atoms with van der Waals surface area (Å²) in [5, 5.41) is 0. The predicted octanol–water partition coefficient (Wildman–Crippen LogP) is 1.33. The number of hydrogen-bond donors (Lipinski definition) is 1. The number of esters is 1. The lowest BCUT2D eigenvalue weighted by Gasteiger charge is -2.18. The van der Waals surface area contributed by atoms with E-state index in [0.29, 0.717) is 13.2 Å². The Bertz CT molecular complexity index is 187. The highest BCUT2D eigenvalue weighted by atomic mass is 16.5. The largest absolute Gasteiger partial charge is 0.465 e. The van der Waals surface area contributed by atoms with Crippen LogP contribution in [0.5, 0.6) is 0 Å². The average Bonchev–Trinajstić information content (AvgIpc) is 2.11. The second kappa shape index (κ2) is 6.80. The highest BCUT2D eigenvalue weighted by molar-refractivity contribution is 5.75. The number of carbonyl (C=O) groups excluding carboxylic acids is 1. The van der Waals surface area contributed by atoms with E-state index in [1.165, 1.54) is 0 Å². The number of nitrogens with two attached hydrogens (primary N) is 1. The smallest absolute Gasteiger partial charge is 0.325 e. The van der Waals surface area contributed by atoms with Gasteiger partial charge in [0.1, 0.15) is 6.04 Å². The van der Waals surface area contributed by atoms with Gasteiger partial charge in [0.2, 0.25) is 0 Å². The second-order valence-electron chi connectivity index (χ2n) is 4.74. The molecule has 4 heteroatoms. The molecule has 0 aromatic carbocycles. The van der Waals surface area contributed by atoms with Gasteiger partial charge >= 0.3 is 5.97 Å². The van der Waals surface area contributed by atoms with Gasteiger partial charge in [-0.2, -0.15) is 0 Å². The molecule has 0 amide bonds. The summed E-state index contributed by atoms with van der Waals surface area (Å²) in [7, 11) is 0. The van der Waals surface area contributed by atoms with Gasteiger partial charge in [0.15, 0.2) is 0 Å². The van der Waals surface area contributed by atoms with E-state index in [1.807, 2.05) is 0 Å². The van der Waals surface area contributed by atoms with Crippen LogP contribution in [-0.4, -0.2) is 31.8 Å². The maximum absolute atomic E-state index is 11.1. The van der Waals surface area contributed by atoms with Gasteiger partial charge < -0.3 is 15.2 Å². The van der Waals surface area contributed by atoms with E-state index in [2.05, 4.69) is 20.8 Å². The van der Waals surface area contributed by atoms with Crippen molar-refractivity contribution >= 4 is 5.97 Å². The van der Waals surface area contributed by atoms with Crippen molar-refractivity contribution in [1.29, 1.82) is 0 Å². The average molecular weight is 217 g/mol. The van der Waals surface area contributed by atoms with Crippen molar-refractivity contribution in [3.8, 4) is 0 Å². The number of rotatable bonds is 6. The molecule has 2 N–H and O–H groups in total. The quantitative estimate of drug-likeness (QED) is 0.538. The zero-order valence-corrected chi connectivity index (χ0v) is 10.2. The lowest BCUT2D eigenvalue weighted by atomic mass is 9.93. The van der Waals surface area contributed by atoms with Crippen LogP contribution in [0.4, 0.5) is 0 Å². The molecule has 1 unspecified atom stereocenters. The zero-order chi connectivity index (χ0) is 11.9. The molecule has 0 saturated carbocycles. The standard InChI is InChI=1S/C11H23NO3/c1-5-15-10(13)9(12)8-14-7-6-11(2,3)4/h9H,5-8,12H2,1-4H3. The predicted molar refractivity (Wildman–Crippen MR) is 59.5 cm³/mol. The van der Waals surface area contributed by atoms with Crippen LogP contribution in [-0.2, 0) is 14.3 Å². The molecule has 0 aromatic rings. The Kier molecular flexibility index (Phi) is 6.52. The molecule has 0 aliphatic heterocycles. The summed E-state index contributed by atoms with van der Waals surface area (Å²) in [6.07, 6.45) is 0.947. The first-order chi connectivity index (χ1) is 6.87. The molecule has 0 rings (SSSR count). The lowest BCUT2D eigenvalue weighted by Crippen LogP contribution is -2.37. The molecule has 0 radical (unpaired) electrons. The summed E-state index contributed by atoms with van der Waals surface area (Å²) in [6, 6.07) is -0.662. The summed E-state index contributed by atoms with van der Waals surface area (Å²) < 4.78 is 10.1. The minimum atomic E-state index is -0.662. The van der Waals surface area contributed by atoms with E-state index in [4.69, 9.17) is 15.2 Å². The molecule has 90 valence electrons. The molecule has 15 heavy (non-hydrogen) atoms. The highest BCUT2D eigenvalue weighted by Crippen LogP contribution is 2.17. The molecule has 0 heterocycles. The fourth-order valence-corrected chi connectivity index (χ4v) is 0.906. The molecular formula is C11H23NO3. The Morgan fingerprint density at radius 2 is 2.00 bits per heavy atom. The van der Waals surface area contributed by atoms with Crippen molar-refractivity contribution in [1.82, 2.24) is 0 Å². The molecule has 0 aliphatic carbocycles. The molecule has 0 aliphatic rings. The first kappa shape index (κ1) is 14.4. The van der Waals surface area contributed by atoms with Crippen molar-refractivity contribution in [3.63, 3.8) is 0 Å². The Hall–Kier alpha value is -0.610. The third-order valence-electron chi connectivity index (χ3n) is 1.88. The first-order valence-corrected chi connectivity index (χ1v) is 5.37. The summed E-state index contributed by atoms with van der Waals surface area (Å²) in [5.74, 6) is -0.395. The Morgan fingerprint density at radius 3 is 2.47 bits per heavy atom. The molecule has 0 spiro atoms. The van der Waals surface area contributed by atoms with Crippen LogP contribution >= 0.6 is 0 Å². The van der Waals surface area contributed by atoms with Crippen molar-refractivity contribution in [3.05, 3.63) is 0 Å². The van der Waals surface area contributed by atoms with Gasteiger partial charge in [-0.3, -0.25) is 4.79 Å². The van der Waals surface area contributed by atoms with Gasteiger partial charge in [-0.1, -0.05) is 20.8 Å². The summed E-state index contributed by atoms with van der Waals surface area (Å²) in [4.78, 5) is 11.1. The third-order valence-corrected chi connectivity index (χ3v) is 1.88. The van der Waals surface area contributed by atoms with E-state index in [1.54, 1.807) is 6.92 Å². The maximum Gasteiger partial charge on any atom is 0.325 e. The molecule has 0 saturated heterocycles. The Morgan fingerprint density at radius 1 is 1.40 bits per heavy atom. The minimum absolute atomic E-state index is 0.231. The van der Waals surface area contributed by atoms with Crippen LogP contribution in [0.2, 0.25) is 0 Å². The summed E-state index contributed by atoms with van der Waals surface area (Å²) >= 11 is 0. The van der Waals surface area contributed by atoms with Crippen LogP contribution in [0.15, 0.2) is 0 Å². The van der Waals surface area contributed by atoms with E-state index >= 15 is 0 Å². The van der Waals surface area contributed by atoms with Gasteiger partial charge in [-0.05, 0) is 18.8 Å². The van der Waals surface area contributed by atoms with E-state index in [9.17, 15) is 4.79 Å². The monoisotopic (exact) mass is 217 g/mol. The topological polar surface area (TPSA) is 61.5 Å². The number of ether oxygens (including phenoxy) is 2. The van der Waals surface area contributed by atoms with Crippen molar-refractivity contribution in [2.24, 2.45) is 11.1 Å². The number of hydrogen-bond acceptors (Lipinski definition) is 4. The normalized spacial score (nSPS) is 13.7. The van der Waals surface area contributed by atoms with Crippen LogP contribution in [0, 0.1) is 5.41 Å². The molecule has 0 bridgehead atoms. The van der Waals surface area contributed by atoms with Crippen LogP contribution in [0.25, 0.3) is 0 Å². The van der Waals surface area contributed by atoms with Crippen molar-refractivity contribution in [2.75, 3.05) is 19.8 Å². The first-order valence-electron chi connectivity index (χ1n) is 5.37. The maximum atomic E-state index is 11.1. The van der Waals surface area contributed by atoms with E-state index in [-0.39, 0.29) is 12.0 Å². The number of carbonyl (C=O) groups is 1.